The van der Waals surface area contributed by atoms with Crippen molar-refractivity contribution in [1.29, 1.82) is 5.26 Å². The number of nitro benzene ring substituents is 1. The van der Waals surface area contributed by atoms with Crippen LogP contribution in [-0.4, -0.2) is 4.92 Å². The van der Waals surface area contributed by atoms with Crippen molar-refractivity contribution in [2.24, 2.45) is 0 Å². The SMILES string of the molecule is N#Cc1cccc(Oc2cc(Br)cc([N+](=O)[O-])c2)c1. The Labute approximate surface area is 117 Å². The third kappa shape index (κ3) is 3.30. The molecular weight excluding hydrogens is 312 g/mol. The van der Waals surface area contributed by atoms with Crippen LogP contribution in [0, 0.1) is 21.4 Å². The van der Waals surface area contributed by atoms with E-state index < -0.39 is 4.92 Å². The van der Waals surface area contributed by atoms with Crippen LogP contribution >= 0.6 is 15.9 Å². The zero-order valence-corrected chi connectivity index (χ0v) is 11.1. The summed E-state index contributed by atoms with van der Waals surface area (Å²) in [5, 5.41) is 19.5. The van der Waals surface area contributed by atoms with Crippen molar-refractivity contribution < 1.29 is 9.66 Å². The van der Waals surface area contributed by atoms with Crippen LogP contribution in [0.3, 0.4) is 0 Å². The number of benzene rings is 2. The van der Waals surface area contributed by atoms with Gasteiger partial charge in [0, 0.05) is 10.5 Å². The molecule has 6 heteroatoms. The second-order valence-corrected chi connectivity index (χ2v) is 4.56. The van der Waals surface area contributed by atoms with Gasteiger partial charge < -0.3 is 4.74 Å². The first-order chi connectivity index (χ1) is 9.08. The molecule has 2 aromatic rings. The first-order valence-corrected chi connectivity index (χ1v) is 6.01. The maximum atomic E-state index is 10.7. The van der Waals surface area contributed by atoms with E-state index in [-0.39, 0.29) is 5.69 Å². The molecule has 0 amide bonds. The lowest BCUT2D eigenvalue weighted by Crippen LogP contribution is -1.90. The van der Waals surface area contributed by atoms with Gasteiger partial charge in [0.1, 0.15) is 11.5 Å². The Kier molecular flexibility index (Phi) is 3.78. The van der Waals surface area contributed by atoms with Crippen LogP contribution < -0.4 is 4.74 Å². The number of rotatable bonds is 3. The molecule has 2 aromatic carbocycles. The van der Waals surface area contributed by atoms with E-state index in [0.29, 0.717) is 21.5 Å². The molecule has 0 aliphatic rings. The Hall–Kier alpha value is -2.39. The van der Waals surface area contributed by atoms with Gasteiger partial charge in [-0.05, 0) is 24.3 Å². The summed E-state index contributed by atoms with van der Waals surface area (Å²) < 4.78 is 6.06. The normalized spacial score (nSPS) is 9.68. The highest BCUT2D eigenvalue weighted by atomic mass is 79.9. The molecule has 5 nitrogen and oxygen atoms in total. The molecule has 0 aliphatic heterocycles. The van der Waals surface area contributed by atoms with E-state index in [1.807, 2.05) is 6.07 Å². The van der Waals surface area contributed by atoms with E-state index in [0.717, 1.165) is 0 Å². The lowest BCUT2D eigenvalue weighted by atomic mass is 10.2. The third-order valence-electron chi connectivity index (χ3n) is 2.27. The summed E-state index contributed by atoms with van der Waals surface area (Å²) in [4.78, 5) is 10.2. The molecule has 0 N–H and O–H groups in total. The monoisotopic (exact) mass is 318 g/mol. The summed E-state index contributed by atoms with van der Waals surface area (Å²) in [5.74, 6) is 0.780. The average molecular weight is 319 g/mol. The number of nitrogens with zero attached hydrogens (tertiary/aromatic N) is 2. The number of ether oxygens (including phenoxy) is 1. The van der Waals surface area contributed by atoms with E-state index >= 15 is 0 Å². The Balaban J connectivity index is 2.33. The van der Waals surface area contributed by atoms with E-state index in [9.17, 15) is 10.1 Å². The van der Waals surface area contributed by atoms with Crippen molar-refractivity contribution in [2.45, 2.75) is 0 Å². The maximum Gasteiger partial charge on any atom is 0.274 e. The number of halogens is 1. The summed E-state index contributed by atoms with van der Waals surface area (Å²) in [6.07, 6.45) is 0. The minimum absolute atomic E-state index is 0.0687. The van der Waals surface area contributed by atoms with E-state index in [1.54, 1.807) is 30.3 Å². The Bertz CT molecular complexity index is 680. The summed E-state index contributed by atoms with van der Waals surface area (Å²) in [5.41, 5.74) is 0.391. The molecule has 0 aliphatic carbocycles. The highest BCUT2D eigenvalue weighted by Crippen LogP contribution is 2.29. The Morgan fingerprint density at radius 3 is 2.68 bits per heavy atom. The van der Waals surface area contributed by atoms with Gasteiger partial charge in [0.25, 0.3) is 5.69 Å². The van der Waals surface area contributed by atoms with Gasteiger partial charge in [0.2, 0.25) is 0 Å². The number of nitro groups is 1. The van der Waals surface area contributed by atoms with Crippen LogP contribution in [-0.2, 0) is 0 Å². The zero-order valence-electron chi connectivity index (χ0n) is 9.54. The fourth-order valence-electron chi connectivity index (χ4n) is 1.48. The van der Waals surface area contributed by atoms with E-state index in [1.165, 1.54) is 12.1 Å². The molecule has 0 fully saturated rings. The van der Waals surface area contributed by atoms with Crippen molar-refractivity contribution in [3.8, 4) is 17.6 Å². The predicted octanol–water partition coefficient (Wildman–Crippen LogP) is 4.02. The standard InChI is InChI=1S/C13H7BrN2O3/c14-10-5-11(16(17)18)7-13(6-10)19-12-3-1-2-9(4-12)8-15/h1-7H. The summed E-state index contributed by atoms with van der Waals surface area (Å²) in [7, 11) is 0. The molecule has 0 saturated heterocycles. The topological polar surface area (TPSA) is 76.2 Å². The molecular formula is C13H7BrN2O3. The van der Waals surface area contributed by atoms with Crippen LogP contribution in [0.4, 0.5) is 5.69 Å². The first kappa shape index (κ1) is 13.1. The lowest BCUT2D eigenvalue weighted by Gasteiger charge is -2.06. The van der Waals surface area contributed by atoms with Crippen LogP contribution in [0.1, 0.15) is 5.56 Å². The molecule has 94 valence electrons. The quantitative estimate of drug-likeness (QED) is 0.632. The molecule has 0 spiro atoms. The molecule has 2 rings (SSSR count). The summed E-state index contributed by atoms with van der Waals surface area (Å²) in [6, 6.07) is 12.9. The molecule has 19 heavy (non-hydrogen) atoms. The maximum absolute atomic E-state index is 10.7. The van der Waals surface area contributed by atoms with E-state index in [2.05, 4.69) is 15.9 Å². The van der Waals surface area contributed by atoms with E-state index in [4.69, 9.17) is 10.00 Å². The molecule has 0 radical (unpaired) electrons. The average Bonchev–Trinajstić information content (AvgIpc) is 2.38. The zero-order chi connectivity index (χ0) is 13.8. The van der Waals surface area contributed by atoms with Gasteiger partial charge >= 0.3 is 0 Å². The van der Waals surface area contributed by atoms with Crippen LogP contribution in [0.15, 0.2) is 46.9 Å². The van der Waals surface area contributed by atoms with Crippen molar-refractivity contribution in [3.05, 3.63) is 62.6 Å². The molecule has 0 heterocycles. The largest absolute Gasteiger partial charge is 0.457 e. The van der Waals surface area contributed by atoms with Gasteiger partial charge in [0.15, 0.2) is 0 Å². The van der Waals surface area contributed by atoms with Gasteiger partial charge in [-0.3, -0.25) is 10.1 Å². The lowest BCUT2D eigenvalue weighted by molar-refractivity contribution is -0.385. The van der Waals surface area contributed by atoms with Crippen LogP contribution in [0.25, 0.3) is 0 Å². The first-order valence-electron chi connectivity index (χ1n) is 5.21. The van der Waals surface area contributed by atoms with Crippen molar-refractivity contribution >= 4 is 21.6 Å². The second kappa shape index (κ2) is 5.50. The van der Waals surface area contributed by atoms with Crippen molar-refractivity contribution in [1.82, 2.24) is 0 Å². The summed E-state index contributed by atoms with van der Waals surface area (Å²) >= 11 is 3.19. The fraction of sp³-hybridized carbons (Fsp3) is 0. The molecule has 0 unspecified atom stereocenters. The van der Waals surface area contributed by atoms with Gasteiger partial charge in [0.05, 0.1) is 22.6 Å². The summed E-state index contributed by atoms with van der Waals surface area (Å²) in [6.45, 7) is 0. The number of hydrogen-bond acceptors (Lipinski definition) is 4. The molecule has 0 saturated carbocycles. The Morgan fingerprint density at radius 2 is 2.00 bits per heavy atom. The third-order valence-corrected chi connectivity index (χ3v) is 2.72. The van der Waals surface area contributed by atoms with Gasteiger partial charge in [-0.1, -0.05) is 22.0 Å². The smallest absolute Gasteiger partial charge is 0.274 e. The molecule has 0 atom stereocenters. The van der Waals surface area contributed by atoms with Gasteiger partial charge in [-0.15, -0.1) is 0 Å². The minimum atomic E-state index is -0.497. The Morgan fingerprint density at radius 1 is 1.21 bits per heavy atom. The van der Waals surface area contributed by atoms with Crippen molar-refractivity contribution in [3.63, 3.8) is 0 Å². The van der Waals surface area contributed by atoms with Crippen molar-refractivity contribution in [2.75, 3.05) is 0 Å². The van der Waals surface area contributed by atoms with Gasteiger partial charge in [-0.25, -0.2) is 0 Å². The van der Waals surface area contributed by atoms with Gasteiger partial charge in [-0.2, -0.15) is 5.26 Å². The molecule has 0 aromatic heterocycles. The predicted molar refractivity (Wildman–Crippen MR) is 72.0 cm³/mol. The van der Waals surface area contributed by atoms with Crippen LogP contribution in [0.5, 0.6) is 11.5 Å². The fourth-order valence-corrected chi connectivity index (χ4v) is 1.94. The molecule has 0 bridgehead atoms. The highest BCUT2D eigenvalue weighted by molar-refractivity contribution is 9.10. The second-order valence-electron chi connectivity index (χ2n) is 3.64. The highest BCUT2D eigenvalue weighted by Gasteiger charge is 2.10. The van der Waals surface area contributed by atoms with Crippen LogP contribution in [0.2, 0.25) is 0 Å². The number of non-ortho nitro benzene ring substituents is 1. The minimum Gasteiger partial charge on any atom is -0.457 e. The number of hydrogen-bond donors (Lipinski definition) is 0. The number of nitriles is 1.